The standard InChI is InChI=1S/C9H13NO2/c11-7-9(2-3-9)10-5-8-1-4-12-6-8/h1,4,6,10-11H,2-3,5,7H2. The lowest BCUT2D eigenvalue weighted by Gasteiger charge is -2.12. The Kier molecular flexibility index (Phi) is 1.90. The first-order valence-electron chi connectivity index (χ1n) is 4.22. The molecule has 1 saturated carbocycles. The van der Waals surface area contributed by atoms with E-state index in [-0.39, 0.29) is 12.1 Å². The third kappa shape index (κ3) is 1.52. The zero-order chi connectivity index (χ0) is 8.44. The second kappa shape index (κ2) is 2.92. The van der Waals surface area contributed by atoms with Gasteiger partial charge in [-0.1, -0.05) is 0 Å². The molecule has 0 saturated heterocycles. The third-order valence-corrected chi connectivity index (χ3v) is 2.40. The molecule has 12 heavy (non-hydrogen) atoms. The van der Waals surface area contributed by atoms with Crippen molar-refractivity contribution >= 4 is 0 Å². The van der Waals surface area contributed by atoms with Crippen LogP contribution in [0.3, 0.4) is 0 Å². The molecular weight excluding hydrogens is 154 g/mol. The highest BCUT2D eigenvalue weighted by Gasteiger charge is 2.41. The Labute approximate surface area is 71.4 Å². The quantitative estimate of drug-likeness (QED) is 0.700. The summed E-state index contributed by atoms with van der Waals surface area (Å²) in [5.41, 5.74) is 1.16. The first kappa shape index (κ1) is 7.83. The first-order chi connectivity index (χ1) is 5.85. The fourth-order valence-electron chi connectivity index (χ4n) is 1.22. The van der Waals surface area contributed by atoms with E-state index in [2.05, 4.69) is 5.32 Å². The van der Waals surface area contributed by atoms with Crippen molar-refractivity contribution in [1.82, 2.24) is 5.32 Å². The maximum atomic E-state index is 9.00. The summed E-state index contributed by atoms with van der Waals surface area (Å²) < 4.78 is 4.93. The van der Waals surface area contributed by atoms with Crippen LogP contribution in [0.5, 0.6) is 0 Å². The number of furan rings is 1. The van der Waals surface area contributed by atoms with Crippen LogP contribution in [-0.4, -0.2) is 17.3 Å². The van der Waals surface area contributed by atoms with Crippen LogP contribution in [-0.2, 0) is 6.54 Å². The van der Waals surface area contributed by atoms with Crippen molar-refractivity contribution in [2.45, 2.75) is 24.9 Å². The van der Waals surface area contributed by atoms with Gasteiger partial charge >= 0.3 is 0 Å². The van der Waals surface area contributed by atoms with E-state index in [0.717, 1.165) is 24.9 Å². The van der Waals surface area contributed by atoms with E-state index in [4.69, 9.17) is 9.52 Å². The average molecular weight is 167 g/mol. The fourth-order valence-corrected chi connectivity index (χ4v) is 1.22. The molecule has 2 N–H and O–H groups in total. The second-order valence-electron chi connectivity index (χ2n) is 3.42. The van der Waals surface area contributed by atoms with Gasteiger partial charge in [0, 0.05) is 17.6 Å². The zero-order valence-electron chi connectivity index (χ0n) is 6.92. The maximum Gasteiger partial charge on any atom is 0.0947 e. The van der Waals surface area contributed by atoms with Gasteiger partial charge in [0.15, 0.2) is 0 Å². The normalized spacial score (nSPS) is 19.4. The second-order valence-corrected chi connectivity index (χ2v) is 3.42. The van der Waals surface area contributed by atoms with Crippen molar-refractivity contribution in [2.75, 3.05) is 6.61 Å². The smallest absolute Gasteiger partial charge is 0.0947 e. The summed E-state index contributed by atoms with van der Waals surface area (Å²) in [5, 5.41) is 12.3. The molecule has 0 aliphatic heterocycles. The molecule has 3 nitrogen and oxygen atoms in total. The van der Waals surface area contributed by atoms with E-state index in [1.807, 2.05) is 6.07 Å². The summed E-state index contributed by atoms with van der Waals surface area (Å²) in [6, 6.07) is 1.93. The molecule has 1 aliphatic rings. The summed E-state index contributed by atoms with van der Waals surface area (Å²) in [6.45, 7) is 1.03. The minimum absolute atomic E-state index is 0.0251. The monoisotopic (exact) mass is 167 g/mol. The van der Waals surface area contributed by atoms with Crippen molar-refractivity contribution in [2.24, 2.45) is 0 Å². The molecule has 1 aromatic rings. The number of rotatable bonds is 4. The molecular formula is C9H13NO2. The third-order valence-electron chi connectivity index (χ3n) is 2.40. The molecule has 2 rings (SSSR count). The van der Waals surface area contributed by atoms with Crippen molar-refractivity contribution < 1.29 is 9.52 Å². The SMILES string of the molecule is OCC1(NCc2ccoc2)CC1. The predicted octanol–water partition coefficient (Wildman–Crippen LogP) is 0.894. The van der Waals surface area contributed by atoms with Gasteiger partial charge in [-0.3, -0.25) is 0 Å². The molecule has 0 unspecified atom stereocenters. The van der Waals surface area contributed by atoms with E-state index >= 15 is 0 Å². The zero-order valence-corrected chi connectivity index (χ0v) is 6.92. The van der Waals surface area contributed by atoms with Gasteiger partial charge in [0.1, 0.15) is 0 Å². The molecule has 1 aromatic heterocycles. The van der Waals surface area contributed by atoms with Gasteiger partial charge < -0.3 is 14.8 Å². The number of hydrogen-bond acceptors (Lipinski definition) is 3. The Hall–Kier alpha value is -0.800. The summed E-state index contributed by atoms with van der Waals surface area (Å²) >= 11 is 0. The Bertz CT molecular complexity index is 239. The molecule has 0 atom stereocenters. The van der Waals surface area contributed by atoms with E-state index in [1.54, 1.807) is 12.5 Å². The highest BCUT2D eigenvalue weighted by Crippen LogP contribution is 2.34. The summed E-state index contributed by atoms with van der Waals surface area (Å²) in [4.78, 5) is 0. The van der Waals surface area contributed by atoms with Gasteiger partial charge in [-0.25, -0.2) is 0 Å². The Morgan fingerprint density at radius 1 is 1.58 bits per heavy atom. The fraction of sp³-hybridized carbons (Fsp3) is 0.556. The van der Waals surface area contributed by atoms with Gasteiger partial charge in [0.25, 0.3) is 0 Å². The number of nitrogens with one attached hydrogen (secondary N) is 1. The van der Waals surface area contributed by atoms with Gasteiger partial charge in [-0.05, 0) is 18.9 Å². The molecule has 0 bridgehead atoms. The van der Waals surface area contributed by atoms with Crippen molar-refractivity contribution in [3.63, 3.8) is 0 Å². The molecule has 3 heteroatoms. The van der Waals surface area contributed by atoms with Crippen LogP contribution in [0.4, 0.5) is 0 Å². The Morgan fingerprint density at radius 3 is 2.92 bits per heavy atom. The molecule has 1 heterocycles. The van der Waals surface area contributed by atoms with Crippen molar-refractivity contribution in [1.29, 1.82) is 0 Å². The van der Waals surface area contributed by atoms with Gasteiger partial charge in [0.2, 0.25) is 0 Å². The van der Waals surface area contributed by atoms with Crippen LogP contribution in [0.25, 0.3) is 0 Å². The largest absolute Gasteiger partial charge is 0.472 e. The van der Waals surface area contributed by atoms with Crippen molar-refractivity contribution in [3.05, 3.63) is 24.2 Å². The molecule has 0 radical (unpaired) electrons. The molecule has 0 aromatic carbocycles. The lowest BCUT2D eigenvalue weighted by atomic mass is 10.2. The van der Waals surface area contributed by atoms with Gasteiger partial charge in [-0.15, -0.1) is 0 Å². The van der Waals surface area contributed by atoms with Crippen LogP contribution in [0.2, 0.25) is 0 Å². The molecule has 0 amide bonds. The highest BCUT2D eigenvalue weighted by molar-refractivity contribution is 5.08. The predicted molar refractivity (Wildman–Crippen MR) is 44.6 cm³/mol. The van der Waals surface area contributed by atoms with E-state index in [1.165, 1.54) is 0 Å². The van der Waals surface area contributed by atoms with E-state index in [0.29, 0.717) is 0 Å². The average Bonchev–Trinajstić information content (AvgIpc) is 2.70. The molecule has 66 valence electrons. The minimum atomic E-state index is 0.0251. The van der Waals surface area contributed by atoms with E-state index < -0.39 is 0 Å². The maximum absolute atomic E-state index is 9.00. The molecule has 1 fully saturated rings. The van der Waals surface area contributed by atoms with Crippen molar-refractivity contribution in [3.8, 4) is 0 Å². The number of aliphatic hydroxyl groups excluding tert-OH is 1. The van der Waals surface area contributed by atoms with E-state index in [9.17, 15) is 0 Å². The minimum Gasteiger partial charge on any atom is -0.472 e. The Balaban J connectivity index is 1.83. The summed E-state index contributed by atoms with van der Waals surface area (Å²) in [6.07, 6.45) is 5.55. The van der Waals surface area contributed by atoms with Crippen LogP contribution < -0.4 is 5.32 Å². The van der Waals surface area contributed by atoms with Crippen LogP contribution in [0.15, 0.2) is 23.0 Å². The first-order valence-corrected chi connectivity index (χ1v) is 4.22. The summed E-state index contributed by atoms with van der Waals surface area (Å²) in [7, 11) is 0. The number of aliphatic hydroxyl groups is 1. The lowest BCUT2D eigenvalue weighted by Crippen LogP contribution is -2.33. The molecule has 0 spiro atoms. The highest BCUT2D eigenvalue weighted by atomic mass is 16.3. The van der Waals surface area contributed by atoms with Gasteiger partial charge in [-0.2, -0.15) is 0 Å². The lowest BCUT2D eigenvalue weighted by molar-refractivity contribution is 0.229. The number of hydrogen-bond donors (Lipinski definition) is 2. The van der Waals surface area contributed by atoms with Crippen LogP contribution in [0, 0.1) is 0 Å². The van der Waals surface area contributed by atoms with Gasteiger partial charge in [0.05, 0.1) is 19.1 Å². The van der Waals surface area contributed by atoms with Crippen LogP contribution in [0.1, 0.15) is 18.4 Å². The Morgan fingerprint density at radius 2 is 2.42 bits per heavy atom. The molecule has 1 aliphatic carbocycles. The van der Waals surface area contributed by atoms with Crippen LogP contribution >= 0.6 is 0 Å². The summed E-state index contributed by atoms with van der Waals surface area (Å²) in [5.74, 6) is 0. The topological polar surface area (TPSA) is 45.4 Å².